The third-order valence-electron chi connectivity index (χ3n) is 2.98. The molecule has 5 heteroatoms. The topological polar surface area (TPSA) is 81.6 Å². The number of fused-ring (bicyclic) bond motifs is 2. The normalized spacial score (nSPS) is 12.4. The molecule has 5 nitrogen and oxygen atoms in total. The number of nitrogens with two attached hydrogens (primary N) is 2. The van der Waals surface area contributed by atoms with Gasteiger partial charge in [0, 0.05) is 30.4 Å². The molecule has 0 atom stereocenters. The number of rotatable bonds is 0. The molecule has 1 amide bonds. The number of amides is 1. The smallest absolute Gasteiger partial charge is 0.228 e. The van der Waals surface area contributed by atoms with Crippen molar-refractivity contribution in [2.24, 2.45) is 0 Å². The van der Waals surface area contributed by atoms with Crippen molar-refractivity contribution < 1.29 is 9.53 Å². The van der Waals surface area contributed by atoms with Gasteiger partial charge in [0.2, 0.25) is 5.91 Å². The molecule has 1 heterocycles. The van der Waals surface area contributed by atoms with Crippen molar-refractivity contribution in [2.45, 2.75) is 6.92 Å². The number of hydrogen-bond donors (Lipinski definition) is 2. The molecule has 0 fully saturated rings. The van der Waals surface area contributed by atoms with E-state index in [0.29, 0.717) is 34.2 Å². The van der Waals surface area contributed by atoms with Gasteiger partial charge in [-0.2, -0.15) is 0 Å². The molecule has 4 N–H and O–H groups in total. The summed E-state index contributed by atoms with van der Waals surface area (Å²) in [4.78, 5) is 13.5. The summed E-state index contributed by atoms with van der Waals surface area (Å²) < 4.78 is 5.77. The van der Waals surface area contributed by atoms with Crippen LogP contribution in [0.4, 0.5) is 22.7 Å². The Bertz CT molecular complexity index is 631. The molecule has 19 heavy (non-hydrogen) atoms. The second kappa shape index (κ2) is 3.91. The molecular weight excluding hydrogens is 242 g/mol. The first kappa shape index (κ1) is 11.4. The summed E-state index contributed by atoms with van der Waals surface area (Å²) in [5.74, 6) is 1.00. The highest BCUT2D eigenvalue weighted by Gasteiger charge is 2.27. The highest BCUT2D eigenvalue weighted by atomic mass is 16.5. The number of benzene rings is 2. The Morgan fingerprint density at radius 3 is 1.89 bits per heavy atom. The van der Waals surface area contributed by atoms with Gasteiger partial charge in [-0.25, -0.2) is 0 Å². The van der Waals surface area contributed by atoms with Crippen molar-refractivity contribution in [1.82, 2.24) is 0 Å². The van der Waals surface area contributed by atoms with E-state index in [0.717, 1.165) is 0 Å². The van der Waals surface area contributed by atoms with E-state index in [2.05, 4.69) is 0 Å². The Kier molecular flexibility index (Phi) is 2.35. The van der Waals surface area contributed by atoms with E-state index in [-0.39, 0.29) is 5.91 Å². The molecule has 0 aliphatic carbocycles. The van der Waals surface area contributed by atoms with Crippen molar-refractivity contribution in [3.8, 4) is 11.5 Å². The minimum absolute atomic E-state index is 0.0969. The van der Waals surface area contributed by atoms with Crippen molar-refractivity contribution in [3.05, 3.63) is 36.4 Å². The first-order chi connectivity index (χ1) is 9.06. The maximum atomic E-state index is 11.9. The molecule has 0 spiro atoms. The molecule has 1 aliphatic heterocycles. The zero-order chi connectivity index (χ0) is 13.6. The number of nitrogens with zero attached hydrogens (tertiary/aromatic N) is 1. The Morgan fingerprint density at radius 1 is 1.00 bits per heavy atom. The molecule has 1 aliphatic rings. The zero-order valence-corrected chi connectivity index (χ0v) is 10.4. The molecule has 0 bridgehead atoms. The van der Waals surface area contributed by atoms with E-state index in [1.807, 2.05) is 0 Å². The van der Waals surface area contributed by atoms with E-state index >= 15 is 0 Å². The fraction of sp³-hybridized carbons (Fsp3) is 0.0714. The largest absolute Gasteiger partial charge is 0.453 e. The first-order valence-electron chi connectivity index (χ1n) is 5.84. The van der Waals surface area contributed by atoms with E-state index in [1.54, 1.807) is 41.3 Å². The molecule has 0 saturated heterocycles. The Balaban J connectivity index is 2.23. The summed E-state index contributed by atoms with van der Waals surface area (Å²) in [6, 6.07) is 10.4. The number of carbonyl (C=O) groups excluding carboxylic acids is 1. The van der Waals surface area contributed by atoms with E-state index in [4.69, 9.17) is 16.2 Å². The molecule has 96 valence electrons. The minimum atomic E-state index is -0.0969. The highest BCUT2D eigenvalue weighted by Crippen LogP contribution is 2.47. The van der Waals surface area contributed by atoms with Crippen LogP contribution in [0.25, 0.3) is 0 Å². The van der Waals surface area contributed by atoms with Gasteiger partial charge in [-0.15, -0.1) is 0 Å². The molecule has 2 aromatic rings. The van der Waals surface area contributed by atoms with Crippen molar-refractivity contribution in [3.63, 3.8) is 0 Å². The third-order valence-corrected chi connectivity index (χ3v) is 2.98. The molecule has 0 saturated carbocycles. The van der Waals surface area contributed by atoms with Gasteiger partial charge in [0.05, 0.1) is 11.4 Å². The van der Waals surface area contributed by atoms with Crippen molar-refractivity contribution >= 4 is 28.7 Å². The summed E-state index contributed by atoms with van der Waals surface area (Å²) in [6.45, 7) is 1.51. The average molecular weight is 255 g/mol. The summed E-state index contributed by atoms with van der Waals surface area (Å²) in [5.41, 5.74) is 14.0. The van der Waals surface area contributed by atoms with Crippen LogP contribution < -0.4 is 21.1 Å². The monoisotopic (exact) mass is 255 g/mol. The average Bonchev–Trinajstić information content (AvgIpc) is 2.35. The van der Waals surface area contributed by atoms with Gasteiger partial charge in [-0.3, -0.25) is 9.69 Å². The van der Waals surface area contributed by atoms with Gasteiger partial charge >= 0.3 is 0 Å². The second-order valence-corrected chi connectivity index (χ2v) is 4.41. The van der Waals surface area contributed by atoms with Crippen LogP contribution in [-0.2, 0) is 4.79 Å². The molecule has 0 radical (unpaired) electrons. The van der Waals surface area contributed by atoms with Crippen molar-refractivity contribution in [1.29, 1.82) is 0 Å². The van der Waals surface area contributed by atoms with E-state index in [9.17, 15) is 4.79 Å². The van der Waals surface area contributed by atoms with Crippen LogP contribution in [0.15, 0.2) is 36.4 Å². The number of anilines is 4. The van der Waals surface area contributed by atoms with Gasteiger partial charge in [0.15, 0.2) is 11.5 Å². The predicted octanol–water partition coefficient (Wildman–Crippen LogP) is 2.64. The number of ether oxygens (including phenoxy) is 1. The van der Waals surface area contributed by atoms with Crippen LogP contribution in [0, 0.1) is 0 Å². The number of hydrogen-bond acceptors (Lipinski definition) is 4. The lowest BCUT2D eigenvalue weighted by molar-refractivity contribution is -0.115. The predicted molar refractivity (Wildman–Crippen MR) is 74.6 cm³/mol. The molecule has 3 rings (SSSR count). The van der Waals surface area contributed by atoms with Crippen LogP contribution in [0.5, 0.6) is 11.5 Å². The van der Waals surface area contributed by atoms with Crippen LogP contribution >= 0.6 is 0 Å². The SMILES string of the molecule is CC(=O)N1c2ccc(N)cc2Oc2cc(N)ccc21. The summed E-state index contributed by atoms with van der Waals surface area (Å²) in [7, 11) is 0. The Hall–Kier alpha value is -2.69. The zero-order valence-electron chi connectivity index (χ0n) is 10.4. The maximum Gasteiger partial charge on any atom is 0.228 e. The van der Waals surface area contributed by atoms with E-state index in [1.165, 1.54) is 6.92 Å². The van der Waals surface area contributed by atoms with Crippen LogP contribution in [0.3, 0.4) is 0 Å². The van der Waals surface area contributed by atoms with Crippen LogP contribution in [-0.4, -0.2) is 5.91 Å². The summed E-state index contributed by atoms with van der Waals surface area (Å²) in [6.07, 6.45) is 0. The lowest BCUT2D eigenvalue weighted by Crippen LogP contribution is -2.26. The number of carbonyl (C=O) groups is 1. The molecular formula is C14H13N3O2. The van der Waals surface area contributed by atoms with Crippen molar-refractivity contribution in [2.75, 3.05) is 16.4 Å². The van der Waals surface area contributed by atoms with Crippen LogP contribution in [0.1, 0.15) is 6.92 Å². The minimum Gasteiger partial charge on any atom is -0.453 e. The lowest BCUT2D eigenvalue weighted by atomic mass is 10.1. The fourth-order valence-corrected chi connectivity index (χ4v) is 2.18. The van der Waals surface area contributed by atoms with Gasteiger partial charge in [-0.05, 0) is 24.3 Å². The Morgan fingerprint density at radius 2 is 1.47 bits per heavy atom. The quantitative estimate of drug-likeness (QED) is 0.709. The molecule has 0 unspecified atom stereocenters. The Labute approximate surface area is 110 Å². The highest BCUT2D eigenvalue weighted by molar-refractivity contribution is 6.03. The molecule has 2 aromatic carbocycles. The third kappa shape index (κ3) is 1.76. The van der Waals surface area contributed by atoms with Crippen LogP contribution in [0.2, 0.25) is 0 Å². The first-order valence-corrected chi connectivity index (χ1v) is 5.84. The maximum absolute atomic E-state index is 11.9. The standard InChI is InChI=1S/C14H13N3O2/c1-8(18)17-11-4-2-9(15)6-13(11)19-14-7-10(16)3-5-12(14)17/h2-7H,15-16H2,1H3. The summed E-state index contributed by atoms with van der Waals surface area (Å²) in [5, 5.41) is 0. The van der Waals surface area contributed by atoms with Gasteiger partial charge in [0.1, 0.15) is 0 Å². The van der Waals surface area contributed by atoms with E-state index < -0.39 is 0 Å². The van der Waals surface area contributed by atoms with Gasteiger partial charge in [-0.1, -0.05) is 0 Å². The summed E-state index contributed by atoms with van der Waals surface area (Å²) >= 11 is 0. The van der Waals surface area contributed by atoms with Gasteiger partial charge in [0.25, 0.3) is 0 Å². The fourth-order valence-electron chi connectivity index (χ4n) is 2.18. The second-order valence-electron chi connectivity index (χ2n) is 4.41. The molecule has 0 aromatic heterocycles. The number of nitrogen functional groups attached to an aromatic ring is 2. The van der Waals surface area contributed by atoms with Gasteiger partial charge < -0.3 is 16.2 Å². The lowest BCUT2D eigenvalue weighted by Gasteiger charge is -2.30.